The van der Waals surface area contributed by atoms with Gasteiger partial charge >= 0.3 is 0 Å². The molecule has 1 N–H and O–H groups in total. The van der Waals surface area contributed by atoms with Crippen LogP contribution in [0.3, 0.4) is 0 Å². The van der Waals surface area contributed by atoms with Crippen molar-refractivity contribution in [1.29, 1.82) is 0 Å². The Hall–Kier alpha value is -1.14. The van der Waals surface area contributed by atoms with E-state index in [-0.39, 0.29) is 6.10 Å². The third-order valence-electron chi connectivity index (χ3n) is 5.80. The largest absolute Gasteiger partial charge is 0.493 e. The van der Waals surface area contributed by atoms with Crippen LogP contribution in [0.1, 0.15) is 17.5 Å². The normalized spacial score (nSPS) is 29.4. The summed E-state index contributed by atoms with van der Waals surface area (Å²) in [7, 11) is 2.18. The van der Waals surface area contributed by atoms with Gasteiger partial charge in [-0.3, -0.25) is 9.80 Å². The molecule has 0 unspecified atom stereocenters. The molecule has 3 aliphatic rings. The molecule has 0 aromatic heterocycles. The van der Waals surface area contributed by atoms with Gasteiger partial charge in [0.05, 0.1) is 12.7 Å². The van der Waals surface area contributed by atoms with Gasteiger partial charge in [-0.2, -0.15) is 0 Å². The van der Waals surface area contributed by atoms with Crippen LogP contribution in [0.4, 0.5) is 0 Å². The Morgan fingerprint density at radius 2 is 2.00 bits per heavy atom. The number of aliphatic hydroxyl groups excluding tert-OH is 1. The molecule has 0 aliphatic carbocycles. The van der Waals surface area contributed by atoms with Crippen LogP contribution in [0.5, 0.6) is 5.75 Å². The van der Waals surface area contributed by atoms with Crippen molar-refractivity contribution < 1.29 is 9.84 Å². The van der Waals surface area contributed by atoms with E-state index < -0.39 is 0 Å². The first-order chi connectivity index (χ1) is 11.7. The van der Waals surface area contributed by atoms with E-state index in [1.807, 2.05) is 0 Å². The minimum Gasteiger partial charge on any atom is -0.493 e. The number of piperazine rings is 1. The molecule has 5 heteroatoms. The zero-order valence-electron chi connectivity index (χ0n) is 14.7. The molecule has 2 fully saturated rings. The number of likely N-dealkylation sites (N-methyl/N-ethyl adjacent to an activating group) is 1. The quantitative estimate of drug-likeness (QED) is 0.887. The van der Waals surface area contributed by atoms with E-state index in [1.54, 1.807) is 0 Å². The van der Waals surface area contributed by atoms with Crippen LogP contribution in [0, 0.1) is 0 Å². The molecule has 3 aliphatic heterocycles. The van der Waals surface area contributed by atoms with Crippen molar-refractivity contribution in [3.8, 4) is 5.75 Å². The highest BCUT2D eigenvalue weighted by atomic mass is 16.5. The number of aliphatic hydroxyl groups is 1. The fraction of sp³-hybridized carbons (Fsp3) is 0.684. The predicted molar refractivity (Wildman–Crippen MR) is 94.4 cm³/mol. The summed E-state index contributed by atoms with van der Waals surface area (Å²) in [5.74, 6) is 1.05. The molecular weight excluding hydrogens is 302 g/mol. The van der Waals surface area contributed by atoms with E-state index in [0.717, 1.165) is 71.0 Å². The van der Waals surface area contributed by atoms with Crippen LogP contribution >= 0.6 is 0 Å². The summed E-state index contributed by atoms with van der Waals surface area (Å²) in [6, 6.07) is 6.89. The Kier molecular flexibility index (Phi) is 4.77. The van der Waals surface area contributed by atoms with Gasteiger partial charge in [-0.25, -0.2) is 0 Å². The number of fused-ring (bicyclic) bond motifs is 1. The number of piperidine rings is 1. The van der Waals surface area contributed by atoms with Crippen LogP contribution in [-0.2, 0) is 13.0 Å². The summed E-state index contributed by atoms with van der Waals surface area (Å²) in [5.41, 5.74) is 2.67. The number of hydrogen-bond acceptors (Lipinski definition) is 5. The number of hydrogen-bond donors (Lipinski definition) is 1. The lowest BCUT2D eigenvalue weighted by molar-refractivity contribution is -0.0286. The Balaban J connectivity index is 1.33. The van der Waals surface area contributed by atoms with Gasteiger partial charge in [0.15, 0.2) is 0 Å². The first kappa shape index (κ1) is 16.3. The third kappa shape index (κ3) is 3.45. The number of ether oxygens (including phenoxy) is 1. The smallest absolute Gasteiger partial charge is 0.122 e. The van der Waals surface area contributed by atoms with Gasteiger partial charge in [-0.05, 0) is 30.7 Å². The molecular formula is C19H29N3O2. The molecule has 0 radical (unpaired) electrons. The van der Waals surface area contributed by atoms with E-state index in [4.69, 9.17) is 4.74 Å². The summed E-state index contributed by atoms with van der Waals surface area (Å²) in [4.78, 5) is 7.26. The lowest BCUT2D eigenvalue weighted by Gasteiger charge is -2.44. The SMILES string of the molecule is CN1CCN([C@@H]2CCN(Cc3ccc4c(c3)CCO4)C[C@H]2O)CC1. The fourth-order valence-electron chi connectivity index (χ4n) is 4.30. The molecule has 1 aromatic rings. The second kappa shape index (κ2) is 7.00. The molecule has 2 saturated heterocycles. The number of β-amino-alcohol motifs (C(OH)–C–C–N with tert-alkyl or cyclic N) is 1. The lowest BCUT2D eigenvalue weighted by Crippen LogP contribution is -2.58. The first-order valence-electron chi connectivity index (χ1n) is 9.26. The molecule has 132 valence electrons. The van der Waals surface area contributed by atoms with Crippen LogP contribution in [0.2, 0.25) is 0 Å². The highest BCUT2D eigenvalue weighted by Gasteiger charge is 2.33. The zero-order valence-corrected chi connectivity index (χ0v) is 14.7. The molecule has 5 nitrogen and oxygen atoms in total. The third-order valence-corrected chi connectivity index (χ3v) is 5.80. The molecule has 2 atom stereocenters. The molecule has 0 amide bonds. The number of benzene rings is 1. The van der Waals surface area contributed by atoms with E-state index >= 15 is 0 Å². The van der Waals surface area contributed by atoms with Gasteiger partial charge in [0.1, 0.15) is 5.75 Å². The maximum atomic E-state index is 10.7. The summed E-state index contributed by atoms with van der Waals surface area (Å²) in [6.45, 7) is 8.00. The van der Waals surface area contributed by atoms with Gasteiger partial charge in [-0.15, -0.1) is 0 Å². The minimum absolute atomic E-state index is 0.236. The highest BCUT2D eigenvalue weighted by Crippen LogP contribution is 2.27. The maximum Gasteiger partial charge on any atom is 0.122 e. The second-order valence-corrected chi connectivity index (χ2v) is 7.54. The van der Waals surface area contributed by atoms with Gasteiger partial charge < -0.3 is 14.7 Å². The summed E-state index contributed by atoms with van der Waals surface area (Å²) in [6.07, 6.45) is 1.86. The second-order valence-electron chi connectivity index (χ2n) is 7.54. The Bertz CT molecular complexity index is 572. The molecule has 3 heterocycles. The Labute approximate surface area is 144 Å². The Morgan fingerprint density at radius 1 is 1.17 bits per heavy atom. The fourth-order valence-corrected chi connectivity index (χ4v) is 4.30. The topological polar surface area (TPSA) is 39.2 Å². The molecule has 0 saturated carbocycles. The molecule has 0 bridgehead atoms. The van der Waals surface area contributed by atoms with E-state index in [1.165, 1.54) is 11.1 Å². The summed E-state index contributed by atoms with van der Waals surface area (Å²) in [5, 5.41) is 10.7. The standard InChI is InChI=1S/C19H29N3O2/c1-20-7-9-22(10-8-20)17-4-6-21(14-18(17)23)13-15-2-3-19-16(12-15)5-11-24-19/h2-3,12,17-18,23H,4-11,13-14H2,1H3/t17-,18-/m1/s1. The van der Waals surface area contributed by atoms with Crippen molar-refractivity contribution in [3.05, 3.63) is 29.3 Å². The van der Waals surface area contributed by atoms with Crippen molar-refractivity contribution in [2.75, 3.05) is 52.9 Å². The van der Waals surface area contributed by atoms with Gasteiger partial charge in [0, 0.05) is 58.3 Å². The lowest BCUT2D eigenvalue weighted by atomic mass is 9.98. The van der Waals surface area contributed by atoms with Gasteiger partial charge in [-0.1, -0.05) is 12.1 Å². The van der Waals surface area contributed by atoms with Crippen LogP contribution in [0.25, 0.3) is 0 Å². The predicted octanol–water partition coefficient (Wildman–Crippen LogP) is 0.804. The Morgan fingerprint density at radius 3 is 2.79 bits per heavy atom. The average molecular weight is 331 g/mol. The molecule has 1 aromatic carbocycles. The van der Waals surface area contributed by atoms with Crippen molar-refractivity contribution in [1.82, 2.24) is 14.7 Å². The molecule has 0 spiro atoms. The minimum atomic E-state index is -0.236. The van der Waals surface area contributed by atoms with Gasteiger partial charge in [0.2, 0.25) is 0 Å². The number of nitrogens with zero attached hydrogens (tertiary/aromatic N) is 3. The van der Waals surface area contributed by atoms with Crippen LogP contribution < -0.4 is 4.74 Å². The van der Waals surface area contributed by atoms with E-state index in [0.29, 0.717) is 6.04 Å². The maximum absolute atomic E-state index is 10.7. The van der Waals surface area contributed by atoms with Crippen molar-refractivity contribution in [2.24, 2.45) is 0 Å². The van der Waals surface area contributed by atoms with E-state index in [9.17, 15) is 5.11 Å². The van der Waals surface area contributed by atoms with Crippen molar-refractivity contribution in [2.45, 2.75) is 31.5 Å². The van der Waals surface area contributed by atoms with Gasteiger partial charge in [0.25, 0.3) is 0 Å². The molecule has 24 heavy (non-hydrogen) atoms. The first-order valence-corrected chi connectivity index (χ1v) is 9.26. The van der Waals surface area contributed by atoms with Crippen LogP contribution in [-0.4, -0.2) is 84.9 Å². The number of rotatable bonds is 3. The van der Waals surface area contributed by atoms with E-state index in [2.05, 4.69) is 39.9 Å². The summed E-state index contributed by atoms with van der Waals surface area (Å²) >= 11 is 0. The van der Waals surface area contributed by atoms with Crippen molar-refractivity contribution in [3.63, 3.8) is 0 Å². The molecule has 4 rings (SSSR count). The average Bonchev–Trinajstić information content (AvgIpc) is 3.04. The number of likely N-dealkylation sites (tertiary alicyclic amines) is 1. The highest BCUT2D eigenvalue weighted by molar-refractivity contribution is 5.39. The monoisotopic (exact) mass is 331 g/mol. The summed E-state index contributed by atoms with van der Waals surface area (Å²) < 4.78 is 5.59. The zero-order chi connectivity index (χ0) is 16.5. The van der Waals surface area contributed by atoms with Crippen molar-refractivity contribution >= 4 is 0 Å². The van der Waals surface area contributed by atoms with Crippen LogP contribution in [0.15, 0.2) is 18.2 Å².